The molecule has 2 atom stereocenters. The van der Waals surface area contributed by atoms with Crippen LogP contribution in [0.25, 0.3) is 0 Å². The van der Waals surface area contributed by atoms with E-state index in [2.05, 4.69) is 4.90 Å². The third-order valence-corrected chi connectivity index (χ3v) is 5.05. The second-order valence-electron chi connectivity index (χ2n) is 6.22. The molecule has 21 heavy (non-hydrogen) atoms. The van der Waals surface area contributed by atoms with Gasteiger partial charge in [-0.1, -0.05) is 25.0 Å². The lowest BCUT2D eigenvalue weighted by atomic mass is 9.89. The molecule has 1 heterocycles. The molecule has 0 bridgehead atoms. The van der Waals surface area contributed by atoms with E-state index >= 15 is 0 Å². The molecule has 1 aromatic carbocycles. The molecule has 0 aromatic heterocycles. The Kier molecular flexibility index (Phi) is 4.15. The summed E-state index contributed by atoms with van der Waals surface area (Å²) in [6.07, 6.45) is 5.02. The molecular weight excluding hydrogens is 266 g/mol. The van der Waals surface area contributed by atoms with Gasteiger partial charge in [0.05, 0.1) is 13.0 Å². The number of likely N-dealkylation sites (tertiary alicyclic amines) is 1. The predicted octanol–water partition coefficient (Wildman–Crippen LogP) is 2.74. The molecule has 1 saturated heterocycles. The van der Waals surface area contributed by atoms with Gasteiger partial charge in [-0.3, -0.25) is 9.69 Å². The molecule has 0 spiro atoms. The summed E-state index contributed by atoms with van der Waals surface area (Å²) in [7, 11) is 1.65. The Bertz CT molecular complexity index is 493. The van der Waals surface area contributed by atoms with Gasteiger partial charge in [0.15, 0.2) is 0 Å². The van der Waals surface area contributed by atoms with Crippen molar-refractivity contribution in [3.8, 4) is 5.75 Å². The fraction of sp³-hybridized carbons (Fsp3) is 0.588. The number of hydrogen-bond donors (Lipinski definition) is 1. The fourth-order valence-electron chi connectivity index (χ4n) is 3.84. The molecule has 1 N–H and O–H groups in total. The molecule has 0 radical (unpaired) electrons. The van der Waals surface area contributed by atoms with Gasteiger partial charge in [-0.05, 0) is 30.5 Å². The maximum Gasteiger partial charge on any atom is 0.308 e. The van der Waals surface area contributed by atoms with Gasteiger partial charge in [0.25, 0.3) is 0 Å². The van der Waals surface area contributed by atoms with Crippen LogP contribution in [0.1, 0.15) is 37.2 Å². The van der Waals surface area contributed by atoms with E-state index < -0.39 is 5.97 Å². The number of rotatable bonds is 4. The summed E-state index contributed by atoms with van der Waals surface area (Å²) < 4.78 is 5.18. The summed E-state index contributed by atoms with van der Waals surface area (Å²) in [4.78, 5) is 14.0. The second kappa shape index (κ2) is 6.06. The number of carboxylic acids is 1. The van der Waals surface area contributed by atoms with E-state index in [-0.39, 0.29) is 11.8 Å². The smallest absolute Gasteiger partial charge is 0.308 e. The maximum atomic E-state index is 11.6. The van der Waals surface area contributed by atoms with Crippen molar-refractivity contribution in [1.82, 2.24) is 4.90 Å². The van der Waals surface area contributed by atoms with Crippen molar-refractivity contribution < 1.29 is 14.6 Å². The summed E-state index contributed by atoms with van der Waals surface area (Å²) in [5.41, 5.74) is 1.11. The molecular formula is C17H23NO3. The molecule has 0 unspecified atom stereocenters. The van der Waals surface area contributed by atoms with Gasteiger partial charge >= 0.3 is 5.97 Å². The SMILES string of the molecule is COc1ccc([C@@H]2CN(C3CCCC3)C[C@H]2C(=O)O)cc1. The number of carboxylic acid groups (broad SMARTS) is 1. The van der Waals surface area contributed by atoms with Gasteiger partial charge < -0.3 is 9.84 Å². The Morgan fingerprint density at radius 1 is 1.19 bits per heavy atom. The van der Waals surface area contributed by atoms with Crippen molar-refractivity contribution in [3.63, 3.8) is 0 Å². The largest absolute Gasteiger partial charge is 0.497 e. The van der Waals surface area contributed by atoms with Crippen LogP contribution in [0.3, 0.4) is 0 Å². The van der Waals surface area contributed by atoms with Crippen molar-refractivity contribution >= 4 is 5.97 Å². The first-order valence-electron chi connectivity index (χ1n) is 7.80. The highest BCUT2D eigenvalue weighted by molar-refractivity contribution is 5.72. The average Bonchev–Trinajstić information content (AvgIpc) is 3.16. The first kappa shape index (κ1) is 14.4. The summed E-state index contributed by atoms with van der Waals surface area (Å²) in [6.45, 7) is 1.56. The third kappa shape index (κ3) is 2.91. The topological polar surface area (TPSA) is 49.8 Å². The highest BCUT2D eigenvalue weighted by Gasteiger charge is 2.41. The molecule has 1 aromatic rings. The zero-order valence-electron chi connectivity index (χ0n) is 12.5. The molecule has 4 heteroatoms. The summed E-state index contributed by atoms with van der Waals surface area (Å²) in [6, 6.07) is 8.46. The quantitative estimate of drug-likeness (QED) is 0.926. The molecule has 1 aliphatic heterocycles. The van der Waals surface area contributed by atoms with Crippen LogP contribution in [0.15, 0.2) is 24.3 Å². The third-order valence-electron chi connectivity index (χ3n) is 5.05. The zero-order valence-corrected chi connectivity index (χ0v) is 12.5. The molecule has 1 saturated carbocycles. The zero-order chi connectivity index (χ0) is 14.8. The normalized spacial score (nSPS) is 27.1. The molecule has 1 aliphatic carbocycles. The molecule has 2 aliphatic rings. The van der Waals surface area contributed by atoms with Gasteiger partial charge in [-0.25, -0.2) is 0 Å². The summed E-state index contributed by atoms with van der Waals surface area (Å²) in [5, 5.41) is 9.55. The van der Waals surface area contributed by atoms with Crippen molar-refractivity contribution in [2.45, 2.75) is 37.6 Å². The number of ether oxygens (including phenoxy) is 1. The Balaban J connectivity index is 1.78. The van der Waals surface area contributed by atoms with E-state index in [1.54, 1.807) is 7.11 Å². The van der Waals surface area contributed by atoms with Crippen LogP contribution in [0.5, 0.6) is 5.75 Å². The Morgan fingerprint density at radius 3 is 2.43 bits per heavy atom. The van der Waals surface area contributed by atoms with E-state index in [0.717, 1.165) is 17.9 Å². The highest BCUT2D eigenvalue weighted by Crippen LogP contribution is 2.37. The number of aliphatic carboxylic acids is 1. The summed E-state index contributed by atoms with van der Waals surface area (Å²) >= 11 is 0. The molecule has 3 rings (SSSR count). The number of nitrogens with zero attached hydrogens (tertiary/aromatic N) is 1. The van der Waals surface area contributed by atoms with Crippen LogP contribution in [0.2, 0.25) is 0 Å². The van der Waals surface area contributed by atoms with Gasteiger partial charge in [-0.2, -0.15) is 0 Å². The Labute approximate surface area is 125 Å². The number of benzene rings is 1. The number of carbonyl (C=O) groups is 1. The van der Waals surface area contributed by atoms with E-state index in [4.69, 9.17) is 4.74 Å². The average molecular weight is 289 g/mol. The maximum absolute atomic E-state index is 11.6. The second-order valence-corrected chi connectivity index (χ2v) is 6.22. The molecule has 114 valence electrons. The lowest BCUT2D eigenvalue weighted by Gasteiger charge is -2.23. The van der Waals surface area contributed by atoms with E-state index in [1.807, 2.05) is 24.3 Å². The van der Waals surface area contributed by atoms with Gasteiger partial charge in [0, 0.05) is 25.0 Å². The molecule has 2 fully saturated rings. The monoisotopic (exact) mass is 289 g/mol. The summed E-state index contributed by atoms with van der Waals surface area (Å²) in [5.74, 6) is -0.0550. The number of hydrogen-bond acceptors (Lipinski definition) is 3. The van der Waals surface area contributed by atoms with Gasteiger partial charge in [0.2, 0.25) is 0 Å². The first-order valence-corrected chi connectivity index (χ1v) is 7.80. The van der Waals surface area contributed by atoms with Crippen molar-refractivity contribution in [1.29, 1.82) is 0 Å². The minimum Gasteiger partial charge on any atom is -0.497 e. The number of methoxy groups -OCH3 is 1. The van der Waals surface area contributed by atoms with Crippen LogP contribution in [0.4, 0.5) is 0 Å². The first-order chi connectivity index (χ1) is 10.2. The van der Waals surface area contributed by atoms with Gasteiger partial charge in [-0.15, -0.1) is 0 Å². The van der Waals surface area contributed by atoms with Crippen LogP contribution in [-0.2, 0) is 4.79 Å². The Hall–Kier alpha value is -1.55. The van der Waals surface area contributed by atoms with Gasteiger partial charge in [0.1, 0.15) is 5.75 Å². The molecule has 0 amide bonds. The van der Waals surface area contributed by atoms with E-state index in [9.17, 15) is 9.90 Å². The van der Waals surface area contributed by atoms with Crippen LogP contribution < -0.4 is 4.74 Å². The minimum atomic E-state index is -0.670. The lowest BCUT2D eigenvalue weighted by Crippen LogP contribution is -2.31. The standard InChI is InChI=1S/C17H23NO3/c1-21-14-8-6-12(7-9-14)15-10-18(11-16(15)17(19)20)13-4-2-3-5-13/h6-9,13,15-16H,2-5,10-11H2,1H3,(H,19,20)/t15-,16+/m0/s1. The van der Waals surface area contributed by atoms with Crippen molar-refractivity contribution in [2.24, 2.45) is 5.92 Å². The van der Waals surface area contributed by atoms with Crippen LogP contribution in [0, 0.1) is 5.92 Å². The van der Waals surface area contributed by atoms with Crippen molar-refractivity contribution in [2.75, 3.05) is 20.2 Å². The van der Waals surface area contributed by atoms with E-state index in [1.165, 1.54) is 25.7 Å². The predicted molar refractivity (Wildman–Crippen MR) is 80.7 cm³/mol. The van der Waals surface area contributed by atoms with Crippen LogP contribution in [-0.4, -0.2) is 42.2 Å². The minimum absolute atomic E-state index is 0.0917. The van der Waals surface area contributed by atoms with Crippen LogP contribution >= 0.6 is 0 Å². The highest BCUT2D eigenvalue weighted by atomic mass is 16.5. The lowest BCUT2D eigenvalue weighted by molar-refractivity contribution is -0.141. The van der Waals surface area contributed by atoms with E-state index in [0.29, 0.717) is 12.6 Å². The van der Waals surface area contributed by atoms with Crippen molar-refractivity contribution in [3.05, 3.63) is 29.8 Å². The fourth-order valence-corrected chi connectivity index (χ4v) is 3.84. The Morgan fingerprint density at radius 2 is 1.86 bits per heavy atom. The molecule has 4 nitrogen and oxygen atoms in total.